The fourth-order valence-corrected chi connectivity index (χ4v) is 4.85. The second-order valence-electron chi connectivity index (χ2n) is 10.4. The number of rotatable bonds is 8. The van der Waals surface area contributed by atoms with Crippen molar-refractivity contribution < 1.29 is 24.1 Å². The average Bonchev–Trinajstić information content (AvgIpc) is 3.63. The molecular weight excluding hydrogens is 537 g/mol. The van der Waals surface area contributed by atoms with Crippen molar-refractivity contribution in [2.45, 2.75) is 65.4 Å². The average molecular weight is 580 g/mol. The highest BCUT2D eigenvalue weighted by Crippen LogP contribution is 2.44. The van der Waals surface area contributed by atoms with Crippen LogP contribution in [0.2, 0.25) is 5.02 Å². The Balaban J connectivity index is 0.000000336. The van der Waals surface area contributed by atoms with E-state index in [9.17, 15) is 19.4 Å². The molecule has 3 aromatic rings. The molecule has 11 heteroatoms. The van der Waals surface area contributed by atoms with Crippen molar-refractivity contribution in [3.8, 4) is 5.88 Å². The van der Waals surface area contributed by atoms with E-state index in [2.05, 4.69) is 22.3 Å². The first-order valence-corrected chi connectivity index (χ1v) is 14.0. The molecule has 0 bridgehead atoms. The molecule has 4 rings (SSSR count). The van der Waals surface area contributed by atoms with E-state index in [0.29, 0.717) is 23.2 Å². The first kappa shape index (κ1) is 33.3. The zero-order chi connectivity index (χ0) is 30.0. The van der Waals surface area contributed by atoms with Crippen molar-refractivity contribution in [3.63, 3.8) is 0 Å². The van der Waals surface area contributed by atoms with Crippen LogP contribution in [0.5, 0.6) is 5.88 Å². The molecule has 2 aromatic heterocycles. The summed E-state index contributed by atoms with van der Waals surface area (Å²) in [6.45, 7) is 9.92. The Bertz CT molecular complexity index is 1210. The minimum Gasteiger partial charge on any atom is -0.474 e. The lowest BCUT2D eigenvalue weighted by molar-refractivity contribution is 0.0266. The first-order chi connectivity index (χ1) is 18.9. The molecule has 40 heavy (non-hydrogen) atoms. The highest BCUT2D eigenvalue weighted by Gasteiger charge is 2.36. The quantitative estimate of drug-likeness (QED) is 0.321. The number of imidazole rings is 1. The highest BCUT2D eigenvalue weighted by atomic mass is 35.5. The monoisotopic (exact) mass is 579 g/mol. The lowest BCUT2D eigenvalue weighted by atomic mass is 9.95. The van der Waals surface area contributed by atoms with Crippen molar-refractivity contribution in [1.82, 2.24) is 19.3 Å². The summed E-state index contributed by atoms with van der Waals surface area (Å²) in [6, 6.07) is 5.83. The van der Waals surface area contributed by atoms with Crippen molar-refractivity contribution in [2.75, 3.05) is 18.5 Å². The number of ether oxygens (including phenoxy) is 1. The van der Waals surface area contributed by atoms with E-state index in [1.54, 1.807) is 48.7 Å². The third kappa shape index (κ3) is 9.31. The van der Waals surface area contributed by atoms with E-state index in [1.807, 2.05) is 20.9 Å². The van der Waals surface area contributed by atoms with Crippen LogP contribution < -0.4 is 10.1 Å². The van der Waals surface area contributed by atoms with Gasteiger partial charge in [-0.2, -0.15) is 0 Å². The maximum absolute atomic E-state index is 13.3. The molecule has 2 unspecified atom stereocenters. The molecule has 1 aliphatic carbocycles. The molecule has 3 atom stereocenters. The van der Waals surface area contributed by atoms with Crippen LogP contribution in [0.25, 0.3) is 0 Å². The van der Waals surface area contributed by atoms with Crippen LogP contribution in [-0.2, 0) is 14.1 Å². The van der Waals surface area contributed by atoms with Crippen LogP contribution in [0.1, 0.15) is 76.0 Å². The van der Waals surface area contributed by atoms with Gasteiger partial charge >= 0.3 is 0 Å². The summed E-state index contributed by atoms with van der Waals surface area (Å²) in [7, 11) is 3.59. The van der Waals surface area contributed by atoms with E-state index in [4.69, 9.17) is 16.3 Å². The van der Waals surface area contributed by atoms with E-state index in [1.165, 1.54) is 18.2 Å². The highest BCUT2D eigenvalue weighted by molar-refractivity contribution is 6.31. The number of carbonyl (C=O) groups is 1. The fraction of sp³-hybridized carbons (Fsp3) is 0.552. The number of anilines is 1. The Labute approximate surface area is 241 Å². The van der Waals surface area contributed by atoms with Gasteiger partial charge in [-0.3, -0.25) is 9.48 Å². The van der Waals surface area contributed by atoms with E-state index in [0.717, 1.165) is 25.0 Å². The summed E-state index contributed by atoms with van der Waals surface area (Å²) in [5.41, 5.74) is 0.869. The second kappa shape index (κ2) is 15.2. The summed E-state index contributed by atoms with van der Waals surface area (Å²) in [6.07, 6.45) is 6.18. The summed E-state index contributed by atoms with van der Waals surface area (Å²) in [4.78, 5) is 17.3. The van der Waals surface area contributed by atoms with E-state index >= 15 is 0 Å². The van der Waals surface area contributed by atoms with Gasteiger partial charge in [-0.1, -0.05) is 38.8 Å². The fourth-order valence-electron chi connectivity index (χ4n) is 4.67. The number of nitrogens with one attached hydrogen (secondary N) is 1. The smallest absolute Gasteiger partial charge is 0.274 e. The zero-order valence-electron chi connectivity index (χ0n) is 24.5. The van der Waals surface area contributed by atoms with E-state index < -0.39 is 11.4 Å². The van der Waals surface area contributed by atoms with Gasteiger partial charge in [-0.05, 0) is 56.7 Å². The molecule has 1 aliphatic rings. The number of carbonyl (C=O) groups excluding carboxylic acids is 1. The number of hydrogen-bond acceptors (Lipinski definition) is 6. The molecule has 1 saturated carbocycles. The lowest BCUT2D eigenvalue weighted by Crippen LogP contribution is -2.27. The molecule has 1 fully saturated rings. The Morgan fingerprint density at radius 3 is 2.42 bits per heavy atom. The SMILES string of the molecule is CC.CCC1C[C@@H](c2ncn(C)c2C(=O)Nc2ccc(F)c(Cl)c2)CC1CO.Cn1ccc(OCC(C)(C)O)n1. The maximum atomic E-state index is 13.3. The third-order valence-corrected chi connectivity index (χ3v) is 6.90. The predicted octanol–water partition coefficient (Wildman–Crippen LogP) is 5.57. The standard InChI is InChI=1S/C19H23ClFN3O2.C8H14N2O2.C2H6/c1-3-11-6-12(7-13(11)9-25)17-18(24(2)10-22-17)19(26)23-14-4-5-16(21)15(20)8-14;1-8(2,11)6-12-7-4-5-10(3)9-7;1-2/h4-5,8,10-13,25H,3,6-7,9H2,1-2H3,(H,23,26);4-5,11H,6H2,1-3H3;1-2H3/t11?,12-,13?;;/m1../s1. The Kier molecular flexibility index (Phi) is 12.6. The Morgan fingerprint density at radius 1 is 1.23 bits per heavy atom. The predicted molar refractivity (Wildman–Crippen MR) is 155 cm³/mol. The van der Waals surface area contributed by atoms with Gasteiger partial charge in [0.25, 0.3) is 5.91 Å². The molecule has 2 heterocycles. The number of aliphatic hydroxyl groups excluding tert-OH is 1. The number of halogens is 2. The molecular formula is C29H43ClFN5O4. The summed E-state index contributed by atoms with van der Waals surface area (Å²) < 4.78 is 21.9. The lowest BCUT2D eigenvalue weighted by Gasteiger charge is -2.16. The number of aliphatic hydroxyl groups is 2. The maximum Gasteiger partial charge on any atom is 0.274 e. The van der Waals surface area contributed by atoms with Gasteiger partial charge in [0.05, 0.1) is 22.6 Å². The van der Waals surface area contributed by atoms with Gasteiger partial charge in [0.1, 0.15) is 18.1 Å². The van der Waals surface area contributed by atoms with Gasteiger partial charge in [0, 0.05) is 44.6 Å². The van der Waals surface area contributed by atoms with Crippen molar-refractivity contribution in [2.24, 2.45) is 25.9 Å². The molecule has 1 amide bonds. The molecule has 0 aliphatic heterocycles. The minimum absolute atomic E-state index is 0.0413. The normalized spacial score (nSPS) is 18.3. The minimum atomic E-state index is -0.808. The van der Waals surface area contributed by atoms with Crippen LogP contribution >= 0.6 is 11.6 Å². The zero-order valence-corrected chi connectivity index (χ0v) is 25.2. The van der Waals surface area contributed by atoms with Crippen molar-refractivity contribution >= 4 is 23.2 Å². The molecule has 1 aromatic carbocycles. The largest absolute Gasteiger partial charge is 0.474 e. The van der Waals surface area contributed by atoms with Gasteiger partial charge in [0.15, 0.2) is 0 Å². The van der Waals surface area contributed by atoms with Crippen LogP contribution in [0.15, 0.2) is 36.8 Å². The number of aromatic nitrogens is 4. The number of benzene rings is 1. The van der Waals surface area contributed by atoms with Crippen LogP contribution in [0.4, 0.5) is 10.1 Å². The summed E-state index contributed by atoms with van der Waals surface area (Å²) in [5, 5.41) is 25.7. The number of amides is 1. The van der Waals surface area contributed by atoms with Crippen LogP contribution in [0, 0.1) is 17.7 Å². The van der Waals surface area contributed by atoms with Gasteiger partial charge in [-0.15, -0.1) is 5.10 Å². The molecule has 0 radical (unpaired) electrons. The number of hydrogen-bond donors (Lipinski definition) is 3. The molecule has 0 spiro atoms. The second-order valence-corrected chi connectivity index (χ2v) is 10.8. The third-order valence-electron chi connectivity index (χ3n) is 6.61. The summed E-state index contributed by atoms with van der Waals surface area (Å²) in [5.74, 6) is 0.550. The molecule has 9 nitrogen and oxygen atoms in total. The first-order valence-electron chi connectivity index (χ1n) is 13.6. The molecule has 0 saturated heterocycles. The van der Waals surface area contributed by atoms with Gasteiger partial charge < -0.3 is 24.8 Å². The van der Waals surface area contributed by atoms with Crippen LogP contribution in [-0.4, -0.2) is 54.3 Å². The summed E-state index contributed by atoms with van der Waals surface area (Å²) >= 11 is 5.78. The van der Waals surface area contributed by atoms with Gasteiger partial charge in [0.2, 0.25) is 5.88 Å². The topological polar surface area (TPSA) is 114 Å². The number of aryl methyl sites for hydroxylation is 2. The van der Waals surface area contributed by atoms with Crippen molar-refractivity contribution in [3.05, 3.63) is 59.0 Å². The van der Waals surface area contributed by atoms with E-state index in [-0.39, 0.29) is 36.0 Å². The van der Waals surface area contributed by atoms with Crippen molar-refractivity contribution in [1.29, 1.82) is 0 Å². The Morgan fingerprint density at radius 2 is 1.90 bits per heavy atom. The molecule has 222 valence electrons. The van der Waals surface area contributed by atoms with Crippen LogP contribution in [0.3, 0.4) is 0 Å². The molecule has 3 N–H and O–H groups in total. The Hall–Kier alpha value is -2.95. The number of nitrogens with zero attached hydrogens (tertiary/aromatic N) is 4. The van der Waals surface area contributed by atoms with Gasteiger partial charge in [-0.25, -0.2) is 9.37 Å².